The van der Waals surface area contributed by atoms with Gasteiger partial charge in [0.05, 0.1) is 5.69 Å². The molecule has 132 valence electrons. The first-order valence-corrected chi connectivity index (χ1v) is 9.79. The highest BCUT2D eigenvalue weighted by Crippen LogP contribution is 2.36. The summed E-state index contributed by atoms with van der Waals surface area (Å²) in [5.74, 6) is -0.396. The van der Waals surface area contributed by atoms with E-state index in [0.29, 0.717) is 11.0 Å². The molecule has 0 saturated carbocycles. The summed E-state index contributed by atoms with van der Waals surface area (Å²) in [6.07, 6.45) is 3.94. The summed E-state index contributed by atoms with van der Waals surface area (Å²) in [6, 6.07) is 7.37. The summed E-state index contributed by atoms with van der Waals surface area (Å²) < 4.78 is 0. The van der Waals surface area contributed by atoms with Gasteiger partial charge in [0.25, 0.3) is 0 Å². The molecule has 0 radical (unpaired) electrons. The van der Waals surface area contributed by atoms with Gasteiger partial charge in [-0.1, -0.05) is 12.1 Å². The summed E-state index contributed by atoms with van der Waals surface area (Å²) in [4.78, 5) is 18.6. The third kappa shape index (κ3) is 3.61. The summed E-state index contributed by atoms with van der Waals surface area (Å²) in [5, 5.41) is 6.69. The normalized spacial score (nSPS) is 24.0. The van der Waals surface area contributed by atoms with Gasteiger partial charge in [-0.25, -0.2) is 4.98 Å². The standard InChI is InChI=1S/C19H24N4OS/c20-17(24)14-2-4-15(5-3-14)18-22-16(11-25-18)10-23-9-1-6-19(13-23)7-8-21-12-19/h2-5,11,21H,1,6-10,12-13H2,(H2,20,24). The zero-order valence-corrected chi connectivity index (χ0v) is 15.1. The molecule has 3 heterocycles. The maximum absolute atomic E-state index is 11.2. The number of thiazole rings is 1. The fourth-order valence-electron chi connectivity index (χ4n) is 4.11. The van der Waals surface area contributed by atoms with Crippen LogP contribution >= 0.6 is 11.3 Å². The molecule has 3 N–H and O–H groups in total. The minimum Gasteiger partial charge on any atom is -0.366 e. The van der Waals surface area contributed by atoms with Gasteiger partial charge in [-0.15, -0.1) is 11.3 Å². The Kier molecular flexibility index (Phi) is 4.58. The van der Waals surface area contributed by atoms with Gasteiger partial charge in [0.1, 0.15) is 5.01 Å². The zero-order chi connectivity index (χ0) is 17.3. The van der Waals surface area contributed by atoms with Crippen LogP contribution in [0.2, 0.25) is 0 Å². The number of nitrogens with two attached hydrogens (primary N) is 1. The molecule has 5 nitrogen and oxygen atoms in total. The van der Waals surface area contributed by atoms with E-state index < -0.39 is 5.91 Å². The number of carbonyl (C=O) groups excluding carboxylic acids is 1. The zero-order valence-electron chi connectivity index (χ0n) is 14.3. The lowest BCUT2D eigenvalue weighted by molar-refractivity contribution is 0.0969. The van der Waals surface area contributed by atoms with Crippen molar-refractivity contribution in [2.45, 2.75) is 25.8 Å². The van der Waals surface area contributed by atoms with Crippen LogP contribution in [0, 0.1) is 5.41 Å². The Morgan fingerprint density at radius 1 is 1.32 bits per heavy atom. The van der Waals surface area contributed by atoms with Crippen LogP contribution < -0.4 is 11.1 Å². The Morgan fingerprint density at radius 2 is 2.16 bits per heavy atom. The van der Waals surface area contributed by atoms with E-state index in [0.717, 1.165) is 35.9 Å². The average molecular weight is 356 g/mol. The number of likely N-dealkylation sites (tertiary alicyclic amines) is 1. The van der Waals surface area contributed by atoms with E-state index in [-0.39, 0.29) is 0 Å². The highest BCUT2D eigenvalue weighted by molar-refractivity contribution is 7.13. The Bertz CT molecular complexity index is 749. The fourth-order valence-corrected chi connectivity index (χ4v) is 4.92. The fraction of sp³-hybridized carbons (Fsp3) is 0.474. The molecule has 1 unspecified atom stereocenters. The highest BCUT2D eigenvalue weighted by Gasteiger charge is 2.37. The predicted octanol–water partition coefficient (Wildman–Crippen LogP) is 2.48. The molecule has 2 aliphatic heterocycles. The predicted molar refractivity (Wildman–Crippen MR) is 100 cm³/mol. The molecule has 1 atom stereocenters. The van der Waals surface area contributed by atoms with E-state index in [1.807, 2.05) is 12.1 Å². The van der Waals surface area contributed by atoms with Crippen molar-refractivity contribution in [3.05, 3.63) is 40.9 Å². The largest absolute Gasteiger partial charge is 0.366 e. The van der Waals surface area contributed by atoms with Crippen LogP contribution in [0.1, 0.15) is 35.3 Å². The second-order valence-corrected chi connectivity index (χ2v) is 8.18. The van der Waals surface area contributed by atoms with Gasteiger partial charge >= 0.3 is 0 Å². The number of carbonyl (C=O) groups is 1. The number of primary amides is 1. The molecule has 2 aliphatic rings. The first-order chi connectivity index (χ1) is 12.1. The summed E-state index contributed by atoms with van der Waals surface area (Å²) in [6.45, 7) is 5.60. The number of aromatic nitrogens is 1. The number of nitrogens with zero attached hydrogens (tertiary/aromatic N) is 2. The molecule has 25 heavy (non-hydrogen) atoms. The molecule has 1 spiro atoms. The molecule has 0 aliphatic carbocycles. The van der Waals surface area contributed by atoms with Crippen molar-refractivity contribution in [3.63, 3.8) is 0 Å². The first kappa shape index (κ1) is 16.7. The van der Waals surface area contributed by atoms with Crippen LogP contribution in [0.4, 0.5) is 0 Å². The van der Waals surface area contributed by atoms with Gasteiger partial charge < -0.3 is 11.1 Å². The van der Waals surface area contributed by atoms with Crippen molar-refractivity contribution in [2.24, 2.45) is 11.1 Å². The molecule has 2 saturated heterocycles. The number of piperidine rings is 1. The van der Waals surface area contributed by atoms with Crippen LogP contribution in [0.25, 0.3) is 10.6 Å². The summed E-state index contributed by atoms with van der Waals surface area (Å²) in [5.41, 5.74) is 8.50. The number of benzene rings is 1. The van der Waals surface area contributed by atoms with E-state index >= 15 is 0 Å². The minimum absolute atomic E-state index is 0.396. The Hall–Kier alpha value is -1.76. The molecular weight excluding hydrogens is 332 g/mol. The van der Waals surface area contributed by atoms with Gasteiger partial charge in [0.15, 0.2) is 0 Å². The molecule has 1 aromatic carbocycles. The van der Waals surface area contributed by atoms with Gasteiger partial charge in [-0.3, -0.25) is 9.69 Å². The number of hydrogen-bond donors (Lipinski definition) is 2. The highest BCUT2D eigenvalue weighted by atomic mass is 32.1. The number of hydrogen-bond acceptors (Lipinski definition) is 5. The second kappa shape index (κ2) is 6.86. The quantitative estimate of drug-likeness (QED) is 0.883. The van der Waals surface area contributed by atoms with Crippen LogP contribution in [0.15, 0.2) is 29.6 Å². The number of rotatable bonds is 4. The summed E-state index contributed by atoms with van der Waals surface area (Å²) in [7, 11) is 0. The van der Waals surface area contributed by atoms with Crippen molar-refractivity contribution < 1.29 is 4.79 Å². The average Bonchev–Trinajstić information content (AvgIpc) is 3.25. The maximum Gasteiger partial charge on any atom is 0.248 e. The van der Waals surface area contributed by atoms with Gasteiger partial charge in [0, 0.05) is 36.1 Å². The van der Waals surface area contributed by atoms with Crippen LogP contribution in [-0.2, 0) is 6.54 Å². The lowest BCUT2D eigenvalue weighted by Gasteiger charge is -2.39. The third-order valence-electron chi connectivity index (χ3n) is 5.43. The second-order valence-electron chi connectivity index (χ2n) is 7.33. The van der Waals surface area contributed by atoms with E-state index in [4.69, 9.17) is 10.7 Å². The van der Waals surface area contributed by atoms with Crippen molar-refractivity contribution in [2.75, 3.05) is 26.2 Å². The molecule has 1 amide bonds. The summed E-state index contributed by atoms with van der Waals surface area (Å²) >= 11 is 1.66. The molecule has 1 aromatic heterocycles. The molecule has 6 heteroatoms. The SMILES string of the molecule is NC(=O)c1ccc(-c2nc(CN3CCCC4(CCNC4)C3)cs2)cc1. The van der Waals surface area contributed by atoms with E-state index in [1.54, 1.807) is 23.5 Å². The Morgan fingerprint density at radius 3 is 2.88 bits per heavy atom. The molecule has 4 rings (SSSR count). The van der Waals surface area contributed by atoms with E-state index in [1.165, 1.54) is 32.4 Å². The molecule has 0 bridgehead atoms. The topological polar surface area (TPSA) is 71.2 Å². The van der Waals surface area contributed by atoms with Crippen LogP contribution in [0.3, 0.4) is 0 Å². The smallest absolute Gasteiger partial charge is 0.248 e. The minimum atomic E-state index is -0.396. The maximum atomic E-state index is 11.2. The monoisotopic (exact) mass is 356 g/mol. The van der Waals surface area contributed by atoms with Crippen LogP contribution in [-0.4, -0.2) is 42.0 Å². The molecular formula is C19H24N4OS. The van der Waals surface area contributed by atoms with E-state index in [9.17, 15) is 4.79 Å². The van der Waals surface area contributed by atoms with Crippen molar-refractivity contribution in [3.8, 4) is 10.6 Å². The van der Waals surface area contributed by atoms with Crippen molar-refractivity contribution in [1.29, 1.82) is 0 Å². The Labute approximate surface area is 152 Å². The third-order valence-corrected chi connectivity index (χ3v) is 6.37. The first-order valence-electron chi connectivity index (χ1n) is 8.91. The Balaban J connectivity index is 1.43. The van der Waals surface area contributed by atoms with Crippen LogP contribution in [0.5, 0.6) is 0 Å². The lowest BCUT2D eigenvalue weighted by Crippen LogP contribution is -2.44. The molecule has 2 aromatic rings. The van der Waals surface area contributed by atoms with Crippen molar-refractivity contribution >= 4 is 17.2 Å². The molecule has 2 fully saturated rings. The number of nitrogens with one attached hydrogen (secondary N) is 1. The van der Waals surface area contributed by atoms with Gasteiger partial charge in [-0.2, -0.15) is 0 Å². The lowest BCUT2D eigenvalue weighted by atomic mass is 9.79. The van der Waals surface area contributed by atoms with Crippen molar-refractivity contribution in [1.82, 2.24) is 15.2 Å². The van der Waals surface area contributed by atoms with E-state index in [2.05, 4.69) is 15.6 Å². The number of amides is 1. The van der Waals surface area contributed by atoms with Gasteiger partial charge in [0.2, 0.25) is 5.91 Å². The van der Waals surface area contributed by atoms with Gasteiger partial charge in [-0.05, 0) is 49.9 Å².